The first-order chi connectivity index (χ1) is 18.2. The molecule has 214 valence electrons. The van der Waals surface area contributed by atoms with Crippen LogP contribution in [0.2, 0.25) is 10.0 Å². The van der Waals surface area contributed by atoms with Crippen LogP contribution in [0.3, 0.4) is 0 Å². The molecule has 3 atom stereocenters. The molecule has 13 heteroatoms. The van der Waals surface area contributed by atoms with Gasteiger partial charge < -0.3 is 9.64 Å². The zero-order valence-electron chi connectivity index (χ0n) is 21.5. The first-order valence-electron chi connectivity index (χ1n) is 12.5. The number of carbonyl (C=O) groups excluding carboxylic acids is 1. The molecule has 1 amide bonds. The van der Waals surface area contributed by atoms with Gasteiger partial charge in [-0.15, -0.1) is 0 Å². The number of likely N-dealkylation sites (tertiary alicyclic amines) is 1. The third-order valence-corrected chi connectivity index (χ3v) is 9.40. The van der Waals surface area contributed by atoms with E-state index in [4.69, 9.17) is 27.9 Å². The number of nitrogens with zero attached hydrogens (tertiary/aromatic N) is 3. The molecule has 0 unspecified atom stereocenters. The summed E-state index contributed by atoms with van der Waals surface area (Å²) in [6.07, 6.45) is -3.69. The van der Waals surface area contributed by atoms with Gasteiger partial charge in [-0.1, -0.05) is 29.3 Å². The minimum absolute atomic E-state index is 0.0860. The zero-order chi connectivity index (χ0) is 28.5. The minimum atomic E-state index is -4.44. The van der Waals surface area contributed by atoms with Crippen molar-refractivity contribution in [2.24, 2.45) is 5.92 Å². The van der Waals surface area contributed by atoms with Crippen LogP contribution < -0.4 is 4.74 Å². The average Bonchev–Trinajstić information content (AvgIpc) is 3.31. The lowest BCUT2D eigenvalue weighted by atomic mass is 9.85. The van der Waals surface area contributed by atoms with E-state index in [1.807, 2.05) is 17.9 Å². The van der Waals surface area contributed by atoms with Crippen molar-refractivity contribution >= 4 is 39.1 Å². The number of alkyl halides is 3. The first-order valence-corrected chi connectivity index (χ1v) is 15.1. The molecule has 2 aliphatic rings. The van der Waals surface area contributed by atoms with Gasteiger partial charge in [-0.25, -0.2) is 8.42 Å². The lowest BCUT2D eigenvalue weighted by molar-refractivity contribution is -0.137. The number of sulfonamides is 1. The Balaban J connectivity index is 1.47. The molecule has 0 radical (unpaired) electrons. The van der Waals surface area contributed by atoms with Crippen LogP contribution in [0, 0.1) is 5.92 Å². The number of ether oxygens (including phenoxy) is 1. The van der Waals surface area contributed by atoms with Crippen LogP contribution >= 0.6 is 23.2 Å². The number of carbonyl (C=O) groups is 1. The Morgan fingerprint density at radius 3 is 2.23 bits per heavy atom. The van der Waals surface area contributed by atoms with Crippen LogP contribution in [0.4, 0.5) is 13.2 Å². The summed E-state index contributed by atoms with van der Waals surface area (Å²) in [7, 11) is -3.27. The number of hydrogen-bond acceptors (Lipinski definition) is 5. The van der Waals surface area contributed by atoms with E-state index in [1.165, 1.54) is 22.7 Å². The number of piperazine rings is 1. The predicted octanol–water partition coefficient (Wildman–Crippen LogP) is 4.60. The van der Waals surface area contributed by atoms with Crippen molar-refractivity contribution in [1.29, 1.82) is 0 Å². The van der Waals surface area contributed by atoms with E-state index < -0.39 is 27.9 Å². The van der Waals surface area contributed by atoms with Crippen LogP contribution in [-0.2, 0) is 21.0 Å². The molecule has 2 aromatic rings. The van der Waals surface area contributed by atoms with Gasteiger partial charge in [0.25, 0.3) is 0 Å². The first kappa shape index (κ1) is 29.9. The highest BCUT2D eigenvalue weighted by Gasteiger charge is 2.41. The second-order valence-corrected chi connectivity index (χ2v) is 12.8. The molecule has 2 fully saturated rings. The molecule has 0 aliphatic carbocycles. The van der Waals surface area contributed by atoms with Gasteiger partial charge in [-0.3, -0.25) is 9.69 Å². The van der Waals surface area contributed by atoms with Gasteiger partial charge in [0.05, 0.1) is 28.4 Å². The quantitative estimate of drug-likeness (QED) is 0.460. The van der Waals surface area contributed by atoms with Crippen LogP contribution in [-0.4, -0.2) is 86.6 Å². The smallest absolute Gasteiger partial charge is 0.416 e. The summed E-state index contributed by atoms with van der Waals surface area (Å²) in [5, 5.41) is 0.794. The largest absolute Gasteiger partial charge is 0.490 e. The Labute approximate surface area is 236 Å². The number of halogens is 5. The van der Waals surface area contributed by atoms with Gasteiger partial charge >= 0.3 is 6.18 Å². The van der Waals surface area contributed by atoms with Crippen molar-refractivity contribution in [3.8, 4) is 5.75 Å². The molecule has 2 heterocycles. The van der Waals surface area contributed by atoms with Crippen molar-refractivity contribution in [1.82, 2.24) is 14.1 Å². The molecule has 39 heavy (non-hydrogen) atoms. The minimum Gasteiger partial charge on any atom is -0.490 e. The third-order valence-electron chi connectivity index (χ3n) is 7.36. The molecule has 0 saturated carbocycles. The third kappa shape index (κ3) is 7.38. The van der Waals surface area contributed by atoms with Gasteiger partial charge in [-0.05, 0) is 48.9 Å². The maximum absolute atomic E-state index is 13.3. The SMILES string of the molecule is C[C@@H](Oc1ccc(C(F)(F)F)cc1)[C@@H]1CN(C(=O)CN2CCN(S(C)(=O)=O)CC2)C[C@H]1c1ccc(Cl)c(Cl)c1. The fourth-order valence-corrected chi connectivity index (χ4v) is 6.27. The van der Waals surface area contributed by atoms with Gasteiger partial charge in [0.2, 0.25) is 15.9 Å². The fourth-order valence-electron chi connectivity index (χ4n) is 5.14. The normalized spacial score (nSPS) is 22.2. The molecular weight excluding hydrogens is 578 g/mol. The highest BCUT2D eigenvalue weighted by Crippen LogP contribution is 2.39. The lowest BCUT2D eigenvalue weighted by Gasteiger charge is -2.33. The maximum atomic E-state index is 13.3. The van der Waals surface area contributed by atoms with E-state index in [9.17, 15) is 26.4 Å². The zero-order valence-corrected chi connectivity index (χ0v) is 23.8. The Kier molecular flexibility index (Phi) is 9.07. The van der Waals surface area contributed by atoms with E-state index in [0.29, 0.717) is 55.1 Å². The highest BCUT2D eigenvalue weighted by molar-refractivity contribution is 7.88. The molecule has 0 bridgehead atoms. The van der Waals surface area contributed by atoms with Crippen LogP contribution in [0.25, 0.3) is 0 Å². The lowest BCUT2D eigenvalue weighted by Crippen LogP contribution is -2.51. The standard InChI is InChI=1S/C26H30Cl2F3N3O4S/c1-17(38-20-6-4-19(5-7-20)26(29,30)31)21-14-33(15-22(21)18-3-8-23(27)24(28)13-18)25(35)16-32-9-11-34(12-10-32)39(2,36)37/h3-8,13,17,21-22H,9-12,14-16H2,1-2H3/t17-,21+,22+/m1/s1. The molecule has 4 rings (SSSR count). The molecule has 2 saturated heterocycles. The summed E-state index contributed by atoms with van der Waals surface area (Å²) < 4.78 is 69.9. The monoisotopic (exact) mass is 607 g/mol. The van der Waals surface area contributed by atoms with Gasteiger partial charge in [-0.2, -0.15) is 17.5 Å². The predicted molar refractivity (Wildman–Crippen MR) is 144 cm³/mol. The number of benzene rings is 2. The van der Waals surface area contributed by atoms with E-state index in [0.717, 1.165) is 17.7 Å². The van der Waals surface area contributed by atoms with Crippen molar-refractivity contribution < 1.29 is 31.1 Å². The molecular formula is C26H30Cl2F3N3O4S. The highest BCUT2D eigenvalue weighted by atomic mass is 35.5. The molecule has 0 N–H and O–H groups in total. The van der Waals surface area contributed by atoms with Crippen molar-refractivity contribution in [3.05, 3.63) is 63.6 Å². The Bertz CT molecular complexity index is 1290. The molecule has 0 spiro atoms. The van der Waals surface area contributed by atoms with Gasteiger partial charge in [0, 0.05) is 51.1 Å². The Hall–Kier alpha value is -2.05. The summed E-state index contributed by atoms with van der Waals surface area (Å²) in [5.41, 5.74) is 0.125. The van der Waals surface area contributed by atoms with Crippen LogP contribution in [0.5, 0.6) is 5.75 Å². The van der Waals surface area contributed by atoms with E-state index in [1.54, 1.807) is 17.0 Å². The molecule has 7 nitrogen and oxygen atoms in total. The average molecular weight is 609 g/mol. The molecule has 2 aromatic carbocycles. The molecule has 0 aromatic heterocycles. The summed E-state index contributed by atoms with van der Waals surface area (Å²) in [6.45, 7) is 4.37. The second-order valence-electron chi connectivity index (χ2n) is 10.0. The number of amides is 1. The summed E-state index contributed by atoms with van der Waals surface area (Å²) in [5.74, 6) is -0.0974. The van der Waals surface area contributed by atoms with Crippen molar-refractivity contribution in [3.63, 3.8) is 0 Å². The van der Waals surface area contributed by atoms with E-state index >= 15 is 0 Å². The Morgan fingerprint density at radius 2 is 1.67 bits per heavy atom. The summed E-state index contributed by atoms with van der Waals surface area (Å²) in [4.78, 5) is 17.0. The topological polar surface area (TPSA) is 70.2 Å². The van der Waals surface area contributed by atoms with Gasteiger partial charge in [0.15, 0.2) is 0 Å². The maximum Gasteiger partial charge on any atom is 0.416 e. The second kappa shape index (κ2) is 11.8. The van der Waals surface area contributed by atoms with E-state index in [-0.39, 0.29) is 24.3 Å². The van der Waals surface area contributed by atoms with Crippen LogP contribution in [0.15, 0.2) is 42.5 Å². The Morgan fingerprint density at radius 1 is 1.03 bits per heavy atom. The van der Waals surface area contributed by atoms with E-state index in [2.05, 4.69) is 0 Å². The van der Waals surface area contributed by atoms with Crippen molar-refractivity contribution in [2.75, 3.05) is 52.1 Å². The molecule has 2 aliphatic heterocycles. The van der Waals surface area contributed by atoms with Crippen LogP contribution in [0.1, 0.15) is 24.0 Å². The number of rotatable bonds is 7. The van der Waals surface area contributed by atoms with Crippen molar-refractivity contribution in [2.45, 2.75) is 25.1 Å². The van der Waals surface area contributed by atoms with Gasteiger partial charge in [0.1, 0.15) is 11.9 Å². The fraction of sp³-hybridized carbons (Fsp3) is 0.500. The summed E-state index contributed by atoms with van der Waals surface area (Å²) in [6, 6.07) is 9.87. The number of hydrogen-bond donors (Lipinski definition) is 0. The summed E-state index contributed by atoms with van der Waals surface area (Å²) >= 11 is 12.4.